The van der Waals surface area contributed by atoms with E-state index >= 15 is 0 Å². The number of aryl methyl sites for hydroxylation is 1. The summed E-state index contributed by atoms with van der Waals surface area (Å²) in [5.74, 6) is 0.416. The quantitative estimate of drug-likeness (QED) is 0.865. The first-order valence-electron chi connectivity index (χ1n) is 9.70. The van der Waals surface area contributed by atoms with E-state index in [0.29, 0.717) is 6.54 Å². The Morgan fingerprint density at radius 1 is 1.27 bits per heavy atom. The number of hydrogen-bond donors (Lipinski definition) is 1. The molecule has 4 rings (SSSR count). The van der Waals surface area contributed by atoms with Crippen LogP contribution in [0.25, 0.3) is 0 Å². The normalized spacial score (nSPS) is 17.6. The third kappa shape index (κ3) is 3.80. The number of carbonyl (C=O) groups excluding carboxylic acids is 1. The smallest absolute Gasteiger partial charge is 0.223 e. The van der Waals surface area contributed by atoms with Gasteiger partial charge in [-0.1, -0.05) is 19.4 Å². The molecule has 6 heteroatoms. The molecule has 3 heterocycles. The van der Waals surface area contributed by atoms with Crippen LogP contribution in [0.3, 0.4) is 0 Å². The molecule has 1 fully saturated rings. The summed E-state index contributed by atoms with van der Waals surface area (Å²) in [5.41, 5.74) is 4.57. The van der Waals surface area contributed by atoms with Crippen molar-refractivity contribution in [2.24, 2.45) is 5.92 Å². The van der Waals surface area contributed by atoms with E-state index in [0.717, 1.165) is 56.8 Å². The van der Waals surface area contributed by atoms with Gasteiger partial charge in [-0.2, -0.15) is 5.10 Å². The highest BCUT2D eigenvalue weighted by Gasteiger charge is 2.25. The van der Waals surface area contributed by atoms with Crippen LogP contribution in [-0.2, 0) is 37.4 Å². The van der Waals surface area contributed by atoms with Crippen LogP contribution in [0.4, 0.5) is 0 Å². The van der Waals surface area contributed by atoms with E-state index in [4.69, 9.17) is 0 Å². The number of nitrogens with one attached hydrogen (secondary N) is 1. The van der Waals surface area contributed by atoms with Gasteiger partial charge in [0.1, 0.15) is 0 Å². The van der Waals surface area contributed by atoms with Gasteiger partial charge in [-0.05, 0) is 37.0 Å². The molecule has 6 nitrogen and oxygen atoms in total. The molecular formula is C20H27N5O. The Balaban J connectivity index is 1.33. The van der Waals surface area contributed by atoms with Gasteiger partial charge < -0.3 is 5.32 Å². The summed E-state index contributed by atoms with van der Waals surface area (Å²) in [7, 11) is 0. The molecule has 0 unspecified atom stereocenters. The highest BCUT2D eigenvalue weighted by atomic mass is 16.1. The molecule has 1 aliphatic carbocycles. The summed E-state index contributed by atoms with van der Waals surface area (Å²) >= 11 is 0. The molecule has 0 bridgehead atoms. The fraction of sp³-hybridized carbons (Fsp3) is 0.550. The number of amides is 1. The second-order valence-electron chi connectivity index (χ2n) is 7.42. The molecule has 0 radical (unpaired) electrons. The molecule has 0 atom stereocenters. The predicted molar refractivity (Wildman–Crippen MR) is 99.1 cm³/mol. The van der Waals surface area contributed by atoms with Crippen molar-refractivity contribution >= 4 is 5.91 Å². The van der Waals surface area contributed by atoms with Crippen LogP contribution < -0.4 is 5.32 Å². The van der Waals surface area contributed by atoms with Crippen LogP contribution in [-0.4, -0.2) is 32.1 Å². The number of hydrogen-bond acceptors (Lipinski definition) is 4. The van der Waals surface area contributed by atoms with Crippen molar-refractivity contribution in [3.8, 4) is 0 Å². The van der Waals surface area contributed by atoms with Crippen molar-refractivity contribution in [1.29, 1.82) is 0 Å². The topological polar surface area (TPSA) is 63.1 Å². The van der Waals surface area contributed by atoms with Gasteiger partial charge in [0.15, 0.2) is 0 Å². The zero-order chi connectivity index (χ0) is 17.9. The van der Waals surface area contributed by atoms with Gasteiger partial charge in [0.05, 0.1) is 30.2 Å². The van der Waals surface area contributed by atoms with Crippen molar-refractivity contribution in [1.82, 2.24) is 25.0 Å². The average molecular weight is 353 g/mol. The number of aromatic nitrogens is 3. The second kappa shape index (κ2) is 7.58. The minimum Gasteiger partial charge on any atom is -0.350 e. The van der Waals surface area contributed by atoms with Crippen LogP contribution >= 0.6 is 0 Å². The van der Waals surface area contributed by atoms with Crippen LogP contribution in [0, 0.1) is 5.92 Å². The lowest BCUT2D eigenvalue weighted by atomic mass is 9.85. The van der Waals surface area contributed by atoms with Gasteiger partial charge in [-0.25, -0.2) is 0 Å². The molecule has 138 valence electrons. The van der Waals surface area contributed by atoms with E-state index in [2.05, 4.69) is 50.1 Å². The molecule has 1 N–H and O–H groups in total. The van der Waals surface area contributed by atoms with Gasteiger partial charge in [-0.15, -0.1) is 0 Å². The molecule has 2 aliphatic rings. The van der Waals surface area contributed by atoms with Crippen molar-refractivity contribution in [2.45, 2.75) is 58.8 Å². The molecule has 2 aromatic heterocycles. The van der Waals surface area contributed by atoms with Gasteiger partial charge in [0.25, 0.3) is 0 Å². The molecule has 0 saturated heterocycles. The lowest BCUT2D eigenvalue weighted by molar-refractivity contribution is -0.127. The van der Waals surface area contributed by atoms with E-state index < -0.39 is 0 Å². The molecule has 1 aliphatic heterocycles. The third-order valence-corrected chi connectivity index (χ3v) is 5.53. The molecule has 0 aromatic carbocycles. The Hall–Kier alpha value is -2.21. The Morgan fingerprint density at radius 3 is 2.85 bits per heavy atom. The van der Waals surface area contributed by atoms with Crippen LogP contribution in [0.2, 0.25) is 0 Å². The Morgan fingerprint density at radius 2 is 2.15 bits per heavy atom. The lowest BCUT2D eigenvalue weighted by Crippen LogP contribution is -2.34. The summed E-state index contributed by atoms with van der Waals surface area (Å²) < 4.78 is 2.08. The van der Waals surface area contributed by atoms with Gasteiger partial charge in [0, 0.05) is 31.7 Å². The van der Waals surface area contributed by atoms with Crippen molar-refractivity contribution in [3.63, 3.8) is 0 Å². The van der Waals surface area contributed by atoms with Crippen LogP contribution in [0.15, 0.2) is 24.4 Å². The van der Waals surface area contributed by atoms with E-state index in [1.54, 1.807) is 0 Å². The van der Waals surface area contributed by atoms with Crippen molar-refractivity contribution in [3.05, 3.63) is 47.0 Å². The minimum atomic E-state index is 0.186. The number of rotatable bonds is 6. The number of carbonyl (C=O) groups is 1. The number of fused-ring (bicyclic) bond motifs is 1. The summed E-state index contributed by atoms with van der Waals surface area (Å²) in [6.45, 7) is 6.28. The second-order valence-corrected chi connectivity index (χ2v) is 7.42. The largest absolute Gasteiger partial charge is 0.350 e. The van der Waals surface area contributed by atoms with E-state index in [-0.39, 0.29) is 11.8 Å². The zero-order valence-electron chi connectivity index (χ0n) is 15.4. The maximum absolute atomic E-state index is 12.0. The first-order chi connectivity index (χ1) is 12.7. The Bertz CT molecular complexity index is 763. The van der Waals surface area contributed by atoms with Crippen LogP contribution in [0.1, 0.15) is 48.8 Å². The third-order valence-electron chi connectivity index (χ3n) is 5.53. The Labute approximate surface area is 154 Å². The van der Waals surface area contributed by atoms with E-state index in [1.165, 1.54) is 17.7 Å². The maximum Gasteiger partial charge on any atom is 0.223 e. The molecular weight excluding hydrogens is 326 g/mol. The number of pyridine rings is 1. The highest BCUT2D eigenvalue weighted by Crippen LogP contribution is 2.26. The maximum atomic E-state index is 12.0. The molecule has 0 spiro atoms. The Kier molecular flexibility index (Phi) is 5.02. The fourth-order valence-corrected chi connectivity index (χ4v) is 3.58. The van der Waals surface area contributed by atoms with Crippen LogP contribution in [0.5, 0.6) is 0 Å². The first-order valence-corrected chi connectivity index (χ1v) is 9.70. The summed E-state index contributed by atoms with van der Waals surface area (Å²) in [4.78, 5) is 19.0. The molecule has 1 amide bonds. The highest BCUT2D eigenvalue weighted by molar-refractivity contribution is 5.79. The number of nitrogens with zero attached hydrogens (tertiary/aromatic N) is 4. The monoisotopic (exact) mass is 353 g/mol. The zero-order valence-corrected chi connectivity index (χ0v) is 15.4. The van der Waals surface area contributed by atoms with E-state index in [1.807, 2.05) is 6.20 Å². The predicted octanol–water partition coefficient (Wildman–Crippen LogP) is 2.27. The minimum absolute atomic E-state index is 0.186. The van der Waals surface area contributed by atoms with Crippen molar-refractivity contribution in [2.75, 3.05) is 6.54 Å². The van der Waals surface area contributed by atoms with Gasteiger partial charge in [0.2, 0.25) is 5.91 Å². The molecule has 26 heavy (non-hydrogen) atoms. The van der Waals surface area contributed by atoms with Gasteiger partial charge >= 0.3 is 0 Å². The standard InChI is InChI=1S/C20H27N5O/c1-2-15-6-7-17(21-11-15)13-24-8-9-25-19(14-24)10-18(23-25)12-22-20(26)16-4-3-5-16/h6-7,10-11,16H,2-5,8-9,12-14H2,1H3,(H,22,26). The molecule has 1 saturated carbocycles. The average Bonchev–Trinajstić information content (AvgIpc) is 3.01. The summed E-state index contributed by atoms with van der Waals surface area (Å²) in [6, 6.07) is 6.42. The lowest BCUT2D eigenvalue weighted by Gasteiger charge is -2.27. The fourth-order valence-electron chi connectivity index (χ4n) is 3.58. The van der Waals surface area contributed by atoms with E-state index in [9.17, 15) is 4.79 Å². The molecule has 2 aromatic rings. The van der Waals surface area contributed by atoms with Crippen molar-refractivity contribution < 1.29 is 4.79 Å². The summed E-state index contributed by atoms with van der Waals surface area (Å²) in [5, 5.41) is 7.68. The van der Waals surface area contributed by atoms with Gasteiger partial charge in [-0.3, -0.25) is 19.4 Å². The summed E-state index contributed by atoms with van der Waals surface area (Å²) in [6.07, 6.45) is 6.26. The SMILES string of the molecule is CCc1ccc(CN2CCn3nc(CNC(=O)C4CCC4)cc3C2)nc1. The first kappa shape index (κ1) is 17.2.